The topological polar surface area (TPSA) is 263 Å². The SMILES string of the molecule is CCCCCCCCCCCCCCC/C=C/CC(CC(=O)OCCOCCOCCN(CCOCCOC(=O)CC(C/C=C/CCCCCCCCCCCCCCC)C(=O)[O-])c1ccc(N)c(C)c1)C(=O)[O-].Cc1c(C#N)sc(N)c1C#N.[Na+].[Na+]. The molecule has 2 rings (SSSR count). The van der Waals surface area contributed by atoms with E-state index in [1.54, 1.807) is 6.92 Å². The van der Waals surface area contributed by atoms with E-state index in [1.807, 2.05) is 61.6 Å². The second-order valence-corrected chi connectivity index (χ2v) is 23.3. The maximum absolute atomic E-state index is 12.5. The second-order valence-electron chi connectivity index (χ2n) is 22.2. The van der Waals surface area contributed by atoms with Gasteiger partial charge in [-0.3, -0.25) is 9.59 Å². The molecule has 0 saturated heterocycles. The van der Waals surface area contributed by atoms with Crippen LogP contribution in [0.15, 0.2) is 42.5 Å². The number of ether oxygens (including phenoxy) is 5. The fourth-order valence-corrected chi connectivity index (χ4v) is 10.4. The number of hydrogen-bond donors (Lipinski definition) is 2. The van der Waals surface area contributed by atoms with Crippen molar-refractivity contribution in [3.05, 3.63) is 64.1 Å². The first-order valence-electron chi connectivity index (χ1n) is 32.4. The molecule has 2 unspecified atom stereocenters. The number of carbonyl (C=O) groups excluding carboxylic acids is 4. The molecule has 480 valence electrons. The predicted molar refractivity (Wildman–Crippen MR) is 339 cm³/mol. The minimum absolute atomic E-state index is 0. The molecule has 0 saturated carbocycles. The molecular formula is C68H109N5Na2O11S. The van der Waals surface area contributed by atoms with Crippen molar-refractivity contribution in [3.8, 4) is 12.1 Å². The third-order valence-electron chi connectivity index (χ3n) is 15.0. The zero-order valence-corrected chi connectivity index (χ0v) is 59.6. The number of allylic oxidation sites excluding steroid dienone is 4. The first-order valence-corrected chi connectivity index (χ1v) is 33.2. The molecule has 0 bridgehead atoms. The number of thiophene rings is 1. The third-order valence-corrected chi connectivity index (χ3v) is 16.0. The molecule has 87 heavy (non-hydrogen) atoms. The van der Waals surface area contributed by atoms with Gasteiger partial charge in [0.1, 0.15) is 35.2 Å². The van der Waals surface area contributed by atoms with E-state index in [0.717, 1.165) is 48.3 Å². The van der Waals surface area contributed by atoms with Gasteiger partial charge in [0, 0.05) is 48.2 Å². The standard InChI is InChI=1S/C61H106N2O11.C7H5N3S.2Na/c1-4-6-8-10-12-14-16-18-20-22-24-26-28-30-32-34-36-54(60(66)67)51-58(64)73-48-46-71-43-41-63(56-38-39-57(62)53(3)50-56)40-42-70-44-45-72-47-49-74-59(65)52-55(61(68)69)37-35-33-31-29-27-25-23-21-19-17-15-13-11-9-7-5-2;1-4-5(2-8)7(10)11-6(4)3-9;;/h32-35,38-39,50,54-55H,4-31,36-37,40-49,51-52,62H2,1-3H3,(H,66,67)(H,68,69);10H2,1H3;;/q;;2*+1/p-2/b34-32+,35-33+;;;. The van der Waals surface area contributed by atoms with Crippen LogP contribution in [-0.2, 0) is 42.9 Å². The van der Waals surface area contributed by atoms with Crippen molar-refractivity contribution >= 4 is 51.6 Å². The van der Waals surface area contributed by atoms with Gasteiger partial charge in [0.2, 0.25) is 0 Å². The van der Waals surface area contributed by atoms with Crippen molar-refractivity contribution in [1.82, 2.24) is 0 Å². The number of hydrogen-bond acceptors (Lipinski definition) is 17. The van der Waals surface area contributed by atoms with Gasteiger partial charge >= 0.3 is 71.1 Å². The Morgan fingerprint density at radius 3 is 1.24 bits per heavy atom. The normalized spacial score (nSPS) is 11.7. The summed E-state index contributed by atoms with van der Waals surface area (Å²) in [4.78, 5) is 50.9. The van der Waals surface area contributed by atoms with Crippen LogP contribution >= 0.6 is 11.3 Å². The van der Waals surface area contributed by atoms with Crippen molar-refractivity contribution in [2.45, 2.75) is 233 Å². The largest absolute Gasteiger partial charge is 1.00 e. The van der Waals surface area contributed by atoms with E-state index >= 15 is 0 Å². The first-order chi connectivity index (χ1) is 41.3. The molecule has 16 nitrogen and oxygen atoms in total. The van der Waals surface area contributed by atoms with E-state index in [9.17, 15) is 29.4 Å². The summed E-state index contributed by atoms with van der Waals surface area (Å²) in [6.45, 7) is 10.9. The molecule has 2 atom stereocenters. The summed E-state index contributed by atoms with van der Waals surface area (Å²) < 4.78 is 27.7. The third kappa shape index (κ3) is 47.2. The zero-order valence-electron chi connectivity index (χ0n) is 54.8. The average Bonchev–Trinajstić information content (AvgIpc) is 4.10. The molecule has 0 aliphatic rings. The number of carboxylic acids is 2. The van der Waals surface area contributed by atoms with Crippen LogP contribution in [0.25, 0.3) is 0 Å². The fraction of sp³-hybridized carbons (Fsp3) is 0.706. The average molecular weight is 1250 g/mol. The Bertz CT molecular complexity index is 2220. The summed E-state index contributed by atoms with van der Waals surface area (Å²) in [5.41, 5.74) is 15.3. The van der Waals surface area contributed by atoms with Crippen molar-refractivity contribution in [1.29, 1.82) is 10.5 Å². The number of carbonyl (C=O) groups is 4. The molecule has 4 N–H and O–H groups in total. The van der Waals surface area contributed by atoms with E-state index in [0.29, 0.717) is 59.6 Å². The monoisotopic (exact) mass is 1250 g/mol. The molecule has 2 aromatic rings. The minimum Gasteiger partial charge on any atom is -0.550 e. The van der Waals surface area contributed by atoms with Crippen LogP contribution in [-0.4, -0.2) is 89.8 Å². The Kier molecular flexibility index (Phi) is 59.2. The number of nitrogens with two attached hydrogens (primary N) is 2. The molecule has 0 aliphatic heterocycles. The van der Waals surface area contributed by atoms with Crippen LogP contribution in [0.2, 0.25) is 0 Å². The van der Waals surface area contributed by atoms with Gasteiger partial charge in [0.05, 0.1) is 58.0 Å². The van der Waals surface area contributed by atoms with Crippen molar-refractivity contribution < 1.29 is 112 Å². The Labute approximate surface area is 573 Å². The van der Waals surface area contributed by atoms with Gasteiger partial charge in [-0.05, 0) is 81.7 Å². The van der Waals surface area contributed by atoms with E-state index in [-0.39, 0.29) is 118 Å². The van der Waals surface area contributed by atoms with E-state index in [2.05, 4.69) is 18.7 Å². The summed E-state index contributed by atoms with van der Waals surface area (Å²) in [5.74, 6) is -5.57. The van der Waals surface area contributed by atoms with Crippen LogP contribution in [0.4, 0.5) is 16.4 Å². The molecule has 1 aromatic carbocycles. The zero-order chi connectivity index (χ0) is 62.4. The molecule has 0 aliphatic carbocycles. The van der Waals surface area contributed by atoms with Gasteiger partial charge in [0.15, 0.2) is 0 Å². The molecule has 0 radical (unpaired) electrons. The van der Waals surface area contributed by atoms with Gasteiger partial charge in [-0.25, -0.2) is 0 Å². The van der Waals surface area contributed by atoms with Gasteiger partial charge in [0.25, 0.3) is 0 Å². The maximum Gasteiger partial charge on any atom is 1.00 e. The quantitative estimate of drug-likeness (QED) is 0.0217. The summed E-state index contributed by atoms with van der Waals surface area (Å²) in [6.07, 6.45) is 43.3. The van der Waals surface area contributed by atoms with Gasteiger partial charge in [-0.15, -0.1) is 11.3 Å². The Hall–Kier alpha value is -3.46. The molecule has 0 amide bonds. The van der Waals surface area contributed by atoms with Crippen molar-refractivity contribution in [2.24, 2.45) is 11.8 Å². The number of aryl methyl sites for hydroxylation is 1. The molecule has 1 aromatic heterocycles. The number of nitrogens with zero attached hydrogens (tertiary/aromatic N) is 3. The number of anilines is 3. The van der Waals surface area contributed by atoms with Crippen LogP contribution in [0.1, 0.15) is 241 Å². The number of carboxylic acid groups (broad SMARTS) is 2. The summed E-state index contributed by atoms with van der Waals surface area (Å²) in [7, 11) is 0. The number of nitrogen functional groups attached to an aromatic ring is 2. The number of unbranched alkanes of at least 4 members (excludes halogenated alkanes) is 26. The summed E-state index contributed by atoms with van der Waals surface area (Å²) >= 11 is 1.16. The van der Waals surface area contributed by atoms with Crippen LogP contribution in [0, 0.1) is 48.3 Å². The number of benzene rings is 1. The van der Waals surface area contributed by atoms with Crippen molar-refractivity contribution in [3.63, 3.8) is 0 Å². The summed E-state index contributed by atoms with van der Waals surface area (Å²) in [6, 6.07) is 9.72. The number of aliphatic carboxylic acids is 2. The molecule has 0 spiro atoms. The Morgan fingerprint density at radius 2 is 0.908 bits per heavy atom. The molecule has 0 fully saturated rings. The predicted octanol–water partition coefficient (Wildman–Crippen LogP) is 7.28. The smallest absolute Gasteiger partial charge is 0.550 e. The second kappa shape index (κ2) is 60.1. The number of nitriles is 2. The van der Waals surface area contributed by atoms with Gasteiger partial charge in [-0.2, -0.15) is 10.5 Å². The Balaban J connectivity index is 0. The van der Waals surface area contributed by atoms with E-state index in [1.165, 1.54) is 154 Å². The van der Waals surface area contributed by atoms with Crippen LogP contribution < -0.4 is 85.7 Å². The molecule has 19 heteroatoms. The van der Waals surface area contributed by atoms with E-state index in [4.69, 9.17) is 45.7 Å². The Morgan fingerprint density at radius 1 is 0.540 bits per heavy atom. The fourth-order valence-electron chi connectivity index (χ4n) is 9.57. The number of esters is 2. The maximum atomic E-state index is 12.5. The van der Waals surface area contributed by atoms with E-state index < -0.39 is 35.7 Å². The summed E-state index contributed by atoms with van der Waals surface area (Å²) in [5, 5.41) is 41.0. The first kappa shape index (κ1) is 85.6. The van der Waals surface area contributed by atoms with Gasteiger partial charge < -0.3 is 59.9 Å². The number of rotatable bonds is 54. The van der Waals surface area contributed by atoms with Gasteiger partial charge in [-0.1, -0.05) is 192 Å². The van der Waals surface area contributed by atoms with Crippen LogP contribution in [0.5, 0.6) is 0 Å². The molecular weight excluding hydrogens is 1140 g/mol. The van der Waals surface area contributed by atoms with Crippen molar-refractivity contribution in [2.75, 3.05) is 82.3 Å². The minimum atomic E-state index is -1.26. The molecule has 1 heterocycles. The van der Waals surface area contributed by atoms with Crippen LogP contribution in [0.3, 0.4) is 0 Å².